The Morgan fingerprint density at radius 2 is 2.22 bits per heavy atom. The Bertz CT molecular complexity index is 507. The van der Waals surface area contributed by atoms with Gasteiger partial charge in [-0.2, -0.15) is 0 Å². The van der Waals surface area contributed by atoms with Crippen LogP contribution >= 0.6 is 0 Å². The molecule has 0 bridgehead atoms. The van der Waals surface area contributed by atoms with Crippen molar-refractivity contribution in [2.45, 2.75) is 38.8 Å². The van der Waals surface area contributed by atoms with E-state index in [1.807, 2.05) is 32.0 Å². The molecule has 96 valence electrons. The highest BCUT2D eigenvalue weighted by Gasteiger charge is 2.25. The van der Waals surface area contributed by atoms with Gasteiger partial charge in [0, 0.05) is 6.20 Å². The van der Waals surface area contributed by atoms with Crippen molar-refractivity contribution in [2.75, 3.05) is 0 Å². The van der Waals surface area contributed by atoms with Crippen LogP contribution in [0.5, 0.6) is 0 Å². The Balaban J connectivity index is 2.26. The van der Waals surface area contributed by atoms with Crippen LogP contribution in [-0.4, -0.2) is 25.1 Å². The zero-order valence-electron chi connectivity index (χ0n) is 10.9. The molecule has 0 saturated heterocycles. The van der Waals surface area contributed by atoms with Crippen molar-refractivity contribution in [1.82, 2.24) is 20.0 Å². The standard InChI is InChI=1S/C13H18N4O/c1-4-13(3,18)12-9-17(16-15-12)10(2)11-7-5-6-8-14-11/h5-10,18H,4H2,1-3H3/t10-,13?/m0/s1. The number of pyridine rings is 1. The summed E-state index contributed by atoms with van der Waals surface area (Å²) in [6, 6.07) is 5.77. The molecular weight excluding hydrogens is 228 g/mol. The number of aliphatic hydroxyl groups is 1. The van der Waals surface area contributed by atoms with Gasteiger partial charge in [0.1, 0.15) is 11.3 Å². The first-order valence-corrected chi connectivity index (χ1v) is 6.10. The van der Waals surface area contributed by atoms with Crippen LogP contribution < -0.4 is 0 Å². The summed E-state index contributed by atoms with van der Waals surface area (Å²) in [6.45, 7) is 5.66. The van der Waals surface area contributed by atoms with Gasteiger partial charge in [0.15, 0.2) is 0 Å². The second kappa shape index (κ2) is 4.86. The summed E-state index contributed by atoms with van der Waals surface area (Å²) in [7, 11) is 0. The van der Waals surface area contributed by atoms with Crippen molar-refractivity contribution in [3.8, 4) is 0 Å². The predicted molar refractivity (Wildman–Crippen MR) is 67.9 cm³/mol. The lowest BCUT2D eigenvalue weighted by Crippen LogP contribution is -2.20. The summed E-state index contributed by atoms with van der Waals surface area (Å²) in [6.07, 6.45) is 4.14. The van der Waals surface area contributed by atoms with Gasteiger partial charge < -0.3 is 5.11 Å². The maximum absolute atomic E-state index is 10.1. The minimum Gasteiger partial charge on any atom is -0.384 e. The van der Waals surface area contributed by atoms with Crippen molar-refractivity contribution in [3.63, 3.8) is 0 Å². The maximum Gasteiger partial charge on any atom is 0.114 e. The molecule has 0 amide bonds. The van der Waals surface area contributed by atoms with Crippen LogP contribution in [0.4, 0.5) is 0 Å². The van der Waals surface area contributed by atoms with Crippen molar-refractivity contribution < 1.29 is 5.11 Å². The minimum absolute atomic E-state index is 0.0000983. The van der Waals surface area contributed by atoms with Crippen molar-refractivity contribution >= 4 is 0 Å². The van der Waals surface area contributed by atoms with E-state index in [-0.39, 0.29) is 6.04 Å². The first-order chi connectivity index (χ1) is 8.54. The van der Waals surface area contributed by atoms with Gasteiger partial charge in [0.2, 0.25) is 0 Å². The highest BCUT2D eigenvalue weighted by Crippen LogP contribution is 2.23. The molecule has 0 spiro atoms. The van der Waals surface area contributed by atoms with Gasteiger partial charge in [-0.15, -0.1) is 5.10 Å². The van der Waals surface area contributed by atoms with E-state index in [0.29, 0.717) is 12.1 Å². The average molecular weight is 246 g/mol. The highest BCUT2D eigenvalue weighted by molar-refractivity contribution is 5.11. The fraction of sp³-hybridized carbons (Fsp3) is 0.462. The fourth-order valence-corrected chi connectivity index (χ4v) is 1.65. The fourth-order valence-electron chi connectivity index (χ4n) is 1.65. The van der Waals surface area contributed by atoms with Crippen molar-refractivity contribution in [1.29, 1.82) is 0 Å². The summed E-state index contributed by atoms with van der Waals surface area (Å²) < 4.78 is 1.72. The molecule has 0 radical (unpaired) electrons. The molecule has 2 atom stereocenters. The predicted octanol–water partition coefficient (Wildman–Crippen LogP) is 1.90. The van der Waals surface area contributed by atoms with E-state index >= 15 is 0 Å². The third-order valence-corrected chi connectivity index (χ3v) is 3.26. The smallest absolute Gasteiger partial charge is 0.114 e. The molecule has 1 unspecified atom stereocenters. The topological polar surface area (TPSA) is 63.8 Å². The second-order valence-electron chi connectivity index (χ2n) is 4.64. The van der Waals surface area contributed by atoms with Crippen molar-refractivity contribution in [3.05, 3.63) is 42.0 Å². The zero-order valence-corrected chi connectivity index (χ0v) is 10.9. The number of hydrogen-bond donors (Lipinski definition) is 1. The molecule has 0 saturated carbocycles. The van der Waals surface area contributed by atoms with Crippen LogP contribution in [0.15, 0.2) is 30.6 Å². The van der Waals surface area contributed by atoms with E-state index in [1.54, 1.807) is 24.0 Å². The average Bonchev–Trinajstić information content (AvgIpc) is 2.89. The number of hydrogen-bond acceptors (Lipinski definition) is 4. The SMILES string of the molecule is CCC(C)(O)c1cn([C@@H](C)c2ccccn2)nn1. The molecule has 0 fully saturated rings. The molecule has 1 N–H and O–H groups in total. The number of rotatable bonds is 4. The highest BCUT2D eigenvalue weighted by atomic mass is 16.3. The Labute approximate surface area is 106 Å². The Hall–Kier alpha value is -1.75. The van der Waals surface area contributed by atoms with E-state index in [4.69, 9.17) is 0 Å². The van der Waals surface area contributed by atoms with E-state index in [1.165, 1.54) is 0 Å². The van der Waals surface area contributed by atoms with Crippen LogP contribution in [0, 0.1) is 0 Å². The molecule has 0 aromatic carbocycles. The molecule has 0 aliphatic carbocycles. The van der Waals surface area contributed by atoms with Crippen LogP contribution in [0.3, 0.4) is 0 Å². The van der Waals surface area contributed by atoms with Crippen molar-refractivity contribution in [2.24, 2.45) is 0 Å². The van der Waals surface area contributed by atoms with Gasteiger partial charge in [-0.05, 0) is 32.4 Å². The van der Waals surface area contributed by atoms with Gasteiger partial charge >= 0.3 is 0 Å². The Kier molecular flexibility index (Phi) is 3.43. The van der Waals surface area contributed by atoms with Crippen LogP contribution in [0.25, 0.3) is 0 Å². The van der Waals surface area contributed by atoms with Gasteiger partial charge in [-0.25, -0.2) is 4.68 Å². The lowest BCUT2D eigenvalue weighted by Gasteiger charge is -2.17. The Morgan fingerprint density at radius 3 is 2.83 bits per heavy atom. The van der Waals surface area contributed by atoms with E-state index in [2.05, 4.69) is 15.3 Å². The maximum atomic E-state index is 10.1. The summed E-state index contributed by atoms with van der Waals surface area (Å²) in [4.78, 5) is 4.30. The third-order valence-electron chi connectivity index (χ3n) is 3.26. The first-order valence-electron chi connectivity index (χ1n) is 6.10. The minimum atomic E-state index is -0.928. The van der Waals surface area contributed by atoms with Crippen LogP contribution in [0.2, 0.25) is 0 Å². The van der Waals surface area contributed by atoms with Gasteiger partial charge in [-0.3, -0.25) is 4.98 Å². The van der Waals surface area contributed by atoms with E-state index in [9.17, 15) is 5.11 Å². The van der Waals surface area contributed by atoms with E-state index in [0.717, 1.165) is 5.69 Å². The summed E-state index contributed by atoms with van der Waals surface area (Å²) in [5.41, 5.74) is 0.583. The summed E-state index contributed by atoms with van der Waals surface area (Å²) in [5.74, 6) is 0. The summed E-state index contributed by atoms with van der Waals surface area (Å²) >= 11 is 0. The molecule has 5 heteroatoms. The van der Waals surface area contributed by atoms with Gasteiger partial charge in [-0.1, -0.05) is 18.2 Å². The van der Waals surface area contributed by atoms with Gasteiger partial charge in [0.05, 0.1) is 17.9 Å². The number of nitrogens with zero attached hydrogens (tertiary/aromatic N) is 4. The normalized spacial score (nSPS) is 16.2. The third kappa shape index (κ3) is 2.41. The Morgan fingerprint density at radius 1 is 1.44 bits per heavy atom. The molecule has 18 heavy (non-hydrogen) atoms. The molecule has 2 aromatic rings. The molecule has 5 nitrogen and oxygen atoms in total. The quantitative estimate of drug-likeness (QED) is 0.895. The number of aromatic nitrogens is 4. The second-order valence-corrected chi connectivity index (χ2v) is 4.64. The molecular formula is C13H18N4O. The van der Waals surface area contributed by atoms with Crippen LogP contribution in [-0.2, 0) is 5.60 Å². The molecule has 2 heterocycles. The lowest BCUT2D eigenvalue weighted by molar-refractivity contribution is 0.0484. The first kappa shape index (κ1) is 12.7. The largest absolute Gasteiger partial charge is 0.384 e. The van der Waals surface area contributed by atoms with Gasteiger partial charge in [0.25, 0.3) is 0 Å². The zero-order chi connectivity index (χ0) is 13.2. The van der Waals surface area contributed by atoms with E-state index < -0.39 is 5.60 Å². The monoisotopic (exact) mass is 246 g/mol. The van der Waals surface area contributed by atoms with Crippen LogP contribution in [0.1, 0.15) is 44.6 Å². The lowest BCUT2D eigenvalue weighted by atomic mass is 10.0. The summed E-state index contributed by atoms with van der Waals surface area (Å²) in [5, 5.41) is 18.2. The molecule has 0 aliphatic rings. The molecule has 0 aliphatic heterocycles. The molecule has 2 rings (SSSR count). The molecule has 2 aromatic heterocycles.